The Labute approximate surface area is 93.9 Å². The molecule has 0 bridgehead atoms. The second kappa shape index (κ2) is 4.36. The Morgan fingerprint density at radius 2 is 1.47 bits per heavy atom. The van der Waals surface area contributed by atoms with E-state index in [1.807, 2.05) is 0 Å². The van der Waals surface area contributed by atoms with Crippen LogP contribution in [0.5, 0.6) is 0 Å². The Morgan fingerprint density at radius 3 is 1.93 bits per heavy atom. The molecular formula is C14H23N. The summed E-state index contributed by atoms with van der Waals surface area (Å²) < 4.78 is 0. The van der Waals surface area contributed by atoms with Crippen LogP contribution in [0, 0.1) is 5.41 Å². The highest BCUT2D eigenvalue weighted by Crippen LogP contribution is 2.29. The van der Waals surface area contributed by atoms with Crippen molar-refractivity contribution in [2.45, 2.75) is 46.7 Å². The lowest BCUT2D eigenvalue weighted by Gasteiger charge is -2.40. The molecule has 0 amide bonds. The highest BCUT2D eigenvalue weighted by Gasteiger charge is 2.31. The van der Waals surface area contributed by atoms with Crippen LogP contribution in [0.2, 0.25) is 0 Å². The molecule has 0 fully saturated rings. The SMILES string of the molecule is CC(C)(C)C(C)(C)NCc1ccccc1. The highest BCUT2D eigenvalue weighted by molar-refractivity contribution is 5.14. The lowest BCUT2D eigenvalue weighted by molar-refractivity contribution is 0.175. The molecule has 0 saturated carbocycles. The minimum absolute atomic E-state index is 0.142. The molecule has 84 valence electrons. The van der Waals surface area contributed by atoms with Crippen molar-refractivity contribution in [3.63, 3.8) is 0 Å². The van der Waals surface area contributed by atoms with E-state index in [1.165, 1.54) is 5.56 Å². The fourth-order valence-corrected chi connectivity index (χ4v) is 1.18. The molecule has 0 spiro atoms. The van der Waals surface area contributed by atoms with Crippen molar-refractivity contribution < 1.29 is 0 Å². The van der Waals surface area contributed by atoms with Crippen LogP contribution < -0.4 is 5.32 Å². The maximum absolute atomic E-state index is 3.62. The molecule has 1 nitrogen and oxygen atoms in total. The molecule has 1 rings (SSSR count). The van der Waals surface area contributed by atoms with Crippen molar-refractivity contribution >= 4 is 0 Å². The third kappa shape index (κ3) is 3.35. The summed E-state index contributed by atoms with van der Waals surface area (Å²) in [6, 6.07) is 10.5. The molecule has 1 heteroatoms. The molecule has 1 aromatic rings. The molecule has 0 radical (unpaired) electrons. The van der Waals surface area contributed by atoms with E-state index in [9.17, 15) is 0 Å². The molecule has 1 N–H and O–H groups in total. The Kier molecular flexibility index (Phi) is 3.56. The normalized spacial score (nSPS) is 12.9. The van der Waals surface area contributed by atoms with Gasteiger partial charge in [-0.15, -0.1) is 0 Å². The average Bonchev–Trinajstić information content (AvgIpc) is 2.15. The molecule has 0 aliphatic heterocycles. The van der Waals surface area contributed by atoms with Crippen LogP contribution in [0.1, 0.15) is 40.2 Å². The topological polar surface area (TPSA) is 12.0 Å². The summed E-state index contributed by atoms with van der Waals surface area (Å²) in [5.41, 5.74) is 1.75. The number of rotatable bonds is 3. The van der Waals surface area contributed by atoms with E-state index in [1.54, 1.807) is 0 Å². The predicted octanol–water partition coefficient (Wildman–Crippen LogP) is 3.60. The quantitative estimate of drug-likeness (QED) is 0.795. The van der Waals surface area contributed by atoms with Crippen molar-refractivity contribution in [3.05, 3.63) is 35.9 Å². The van der Waals surface area contributed by atoms with E-state index in [2.05, 4.69) is 70.3 Å². The van der Waals surface area contributed by atoms with Gasteiger partial charge in [-0.3, -0.25) is 0 Å². The molecule has 0 unspecified atom stereocenters. The Balaban J connectivity index is 2.58. The number of benzene rings is 1. The van der Waals surface area contributed by atoms with Crippen LogP contribution in [0.3, 0.4) is 0 Å². The van der Waals surface area contributed by atoms with E-state index in [4.69, 9.17) is 0 Å². The first-order chi connectivity index (χ1) is 6.83. The largest absolute Gasteiger partial charge is 0.307 e. The third-order valence-electron chi connectivity index (χ3n) is 3.45. The van der Waals surface area contributed by atoms with Gasteiger partial charge in [0.2, 0.25) is 0 Å². The maximum atomic E-state index is 3.62. The Bertz CT molecular complexity index is 293. The fraction of sp³-hybridized carbons (Fsp3) is 0.571. The molecule has 0 aliphatic rings. The Hall–Kier alpha value is -0.820. The van der Waals surface area contributed by atoms with Crippen molar-refractivity contribution in [1.82, 2.24) is 5.32 Å². The van der Waals surface area contributed by atoms with Gasteiger partial charge in [0.25, 0.3) is 0 Å². The van der Waals surface area contributed by atoms with Gasteiger partial charge in [0.15, 0.2) is 0 Å². The summed E-state index contributed by atoms with van der Waals surface area (Å²) in [4.78, 5) is 0. The van der Waals surface area contributed by atoms with Gasteiger partial charge >= 0.3 is 0 Å². The van der Waals surface area contributed by atoms with Gasteiger partial charge in [-0.25, -0.2) is 0 Å². The number of hydrogen-bond acceptors (Lipinski definition) is 1. The van der Waals surface area contributed by atoms with Crippen LogP contribution in [0.15, 0.2) is 30.3 Å². The monoisotopic (exact) mass is 205 g/mol. The van der Waals surface area contributed by atoms with E-state index in [-0.39, 0.29) is 11.0 Å². The van der Waals surface area contributed by atoms with Gasteiger partial charge in [0.05, 0.1) is 0 Å². The van der Waals surface area contributed by atoms with Crippen LogP contribution in [0.4, 0.5) is 0 Å². The summed E-state index contributed by atoms with van der Waals surface area (Å²) in [5.74, 6) is 0. The van der Waals surface area contributed by atoms with Crippen molar-refractivity contribution in [2.24, 2.45) is 5.41 Å². The predicted molar refractivity (Wildman–Crippen MR) is 66.8 cm³/mol. The van der Waals surface area contributed by atoms with Crippen molar-refractivity contribution in [1.29, 1.82) is 0 Å². The van der Waals surface area contributed by atoms with Gasteiger partial charge in [0.1, 0.15) is 0 Å². The zero-order valence-corrected chi connectivity index (χ0v) is 10.6. The summed E-state index contributed by atoms with van der Waals surface area (Å²) >= 11 is 0. The zero-order chi connectivity index (χ0) is 11.5. The zero-order valence-electron chi connectivity index (χ0n) is 10.6. The smallest absolute Gasteiger partial charge is 0.0210 e. The molecular weight excluding hydrogens is 182 g/mol. The van der Waals surface area contributed by atoms with Crippen molar-refractivity contribution in [3.8, 4) is 0 Å². The minimum Gasteiger partial charge on any atom is -0.307 e. The van der Waals surface area contributed by atoms with Gasteiger partial charge < -0.3 is 5.32 Å². The van der Waals surface area contributed by atoms with E-state index < -0.39 is 0 Å². The molecule has 0 atom stereocenters. The first-order valence-electron chi connectivity index (χ1n) is 5.62. The van der Waals surface area contributed by atoms with Gasteiger partial charge in [-0.05, 0) is 24.8 Å². The molecule has 0 saturated heterocycles. The molecule has 0 aliphatic carbocycles. The lowest BCUT2D eigenvalue weighted by atomic mass is 9.76. The second-order valence-electron chi connectivity index (χ2n) is 5.71. The van der Waals surface area contributed by atoms with Crippen LogP contribution in [-0.4, -0.2) is 5.54 Å². The summed E-state index contributed by atoms with van der Waals surface area (Å²) in [6.45, 7) is 12.3. The minimum atomic E-state index is 0.142. The van der Waals surface area contributed by atoms with E-state index in [0.29, 0.717) is 0 Å². The Morgan fingerprint density at radius 1 is 0.933 bits per heavy atom. The fourth-order valence-electron chi connectivity index (χ4n) is 1.18. The molecule has 1 aromatic carbocycles. The van der Waals surface area contributed by atoms with Gasteiger partial charge in [-0.2, -0.15) is 0 Å². The first kappa shape index (κ1) is 12.3. The third-order valence-corrected chi connectivity index (χ3v) is 3.45. The maximum Gasteiger partial charge on any atom is 0.0210 e. The van der Waals surface area contributed by atoms with E-state index in [0.717, 1.165) is 6.54 Å². The summed E-state index contributed by atoms with van der Waals surface area (Å²) in [7, 11) is 0. The molecule has 15 heavy (non-hydrogen) atoms. The second-order valence-corrected chi connectivity index (χ2v) is 5.71. The molecule has 0 aromatic heterocycles. The van der Waals surface area contributed by atoms with Crippen LogP contribution in [0.25, 0.3) is 0 Å². The summed E-state index contributed by atoms with van der Waals surface area (Å²) in [5, 5.41) is 3.62. The van der Waals surface area contributed by atoms with Gasteiger partial charge in [0, 0.05) is 12.1 Å². The summed E-state index contributed by atoms with van der Waals surface area (Å²) in [6.07, 6.45) is 0. The van der Waals surface area contributed by atoms with E-state index >= 15 is 0 Å². The number of hydrogen-bond donors (Lipinski definition) is 1. The highest BCUT2D eigenvalue weighted by atomic mass is 15.0. The van der Waals surface area contributed by atoms with Crippen LogP contribution in [-0.2, 0) is 6.54 Å². The standard InChI is InChI=1S/C14H23N/c1-13(2,3)14(4,5)15-11-12-9-7-6-8-10-12/h6-10,15H,11H2,1-5H3. The number of nitrogens with one attached hydrogen (secondary N) is 1. The van der Waals surface area contributed by atoms with Crippen LogP contribution >= 0.6 is 0 Å². The average molecular weight is 205 g/mol. The lowest BCUT2D eigenvalue weighted by Crippen LogP contribution is -2.49. The first-order valence-corrected chi connectivity index (χ1v) is 5.62. The van der Waals surface area contributed by atoms with Crippen molar-refractivity contribution in [2.75, 3.05) is 0 Å². The molecule has 0 heterocycles. The van der Waals surface area contributed by atoms with Gasteiger partial charge in [-0.1, -0.05) is 51.1 Å².